The average molecular weight is 427 g/mol. The number of nitrogens with one attached hydrogen (secondary N) is 1. The fourth-order valence-corrected chi connectivity index (χ4v) is 3.75. The van der Waals surface area contributed by atoms with Crippen LogP contribution in [0, 0.1) is 0 Å². The zero-order valence-corrected chi connectivity index (χ0v) is 16.6. The molecule has 0 radical (unpaired) electrons. The van der Waals surface area contributed by atoms with Crippen LogP contribution in [0.3, 0.4) is 0 Å². The molecule has 29 heavy (non-hydrogen) atoms. The second-order valence-electron chi connectivity index (χ2n) is 6.66. The highest BCUT2D eigenvalue weighted by Gasteiger charge is 2.13. The minimum Gasteiger partial charge on any atom is -0.506 e. The predicted octanol–water partition coefficient (Wildman–Crippen LogP) is 5.93. The molecule has 0 aliphatic carbocycles. The van der Waals surface area contributed by atoms with Gasteiger partial charge in [-0.15, -0.1) is 0 Å². The molecule has 0 spiro atoms. The van der Waals surface area contributed by atoms with Crippen LogP contribution in [0.25, 0.3) is 33.2 Å². The minimum absolute atomic E-state index is 0.00966. The Hall–Kier alpha value is -3.02. The molecule has 7 heteroatoms. The number of phenols is 1. The molecule has 1 aromatic heterocycles. The van der Waals surface area contributed by atoms with E-state index in [1.54, 1.807) is 24.3 Å². The van der Waals surface area contributed by atoms with Gasteiger partial charge in [0.05, 0.1) is 27.7 Å². The molecule has 1 heterocycles. The maximum atomic E-state index is 10.9. The van der Waals surface area contributed by atoms with Crippen molar-refractivity contribution in [2.75, 3.05) is 0 Å². The number of hydrogen-bond acceptors (Lipinski definition) is 3. The molecule has 146 valence electrons. The molecule has 5 nitrogen and oxygen atoms in total. The van der Waals surface area contributed by atoms with Crippen molar-refractivity contribution in [1.82, 2.24) is 10.2 Å². The summed E-state index contributed by atoms with van der Waals surface area (Å²) in [5.41, 5.74) is 4.65. The number of aromatic amines is 1. The number of carboxylic acid groups (broad SMARTS) is 1. The van der Waals surface area contributed by atoms with Gasteiger partial charge in [-0.25, -0.2) is 0 Å². The summed E-state index contributed by atoms with van der Waals surface area (Å²) in [5.74, 6) is -0.821. The Bertz CT molecular complexity index is 1220. The van der Waals surface area contributed by atoms with Gasteiger partial charge in [0, 0.05) is 22.9 Å². The van der Waals surface area contributed by atoms with E-state index in [1.165, 1.54) is 0 Å². The standard InChI is InChI=1S/C22H16Cl2N2O3/c23-17-3-1-2-14(22(17)29)12-4-6-13(7-5-12)15-10-16-19(8-9-21(27)28)25-26-20(16)11-18(15)24/h1-7,10-11,29H,8-9H2,(H,25,26)(H,27,28). The lowest BCUT2D eigenvalue weighted by Crippen LogP contribution is -1.98. The summed E-state index contributed by atoms with van der Waals surface area (Å²) in [4.78, 5) is 10.9. The van der Waals surface area contributed by atoms with E-state index in [2.05, 4.69) is 10.2 Å². The van der Waals surface area contributed by atoms with Gasteiger partial charge in [0.1, 0.15) is 5.75 Å². The first-order valence-corrected chi connectivity index (χ1v) is 9.66. The van der Waals surface area contributed by atoms with Crippen LogP contribution in [0.15, 0.2) is 54.6 Å². The Balaban J connectivity index is 1.72. The Morgan fingerprint density at radius 1 is 0.966 bits per heavy atom. The second-order valence-corrected chi connectivity index (χ2v) is 7.47. The summed E-state index contributed by atoms with van der Waals surface area (Å²) < 4.78 is 0. The van der Waals surface area contributed by atoms with Gasteiger partial charge in [-0.2, -0.15) is 5.10 Å². The average Bonchev–Trinajstić information content (AvgIpc) is 3.10. The number of aliphatic carboxylic acids is 1. The Kier molecular flexibility index (Phi) is 5.18. The van der Waals surface area contributed by atoms with Crippen molar-refractivity contribution >= 4 is 40.1 Å². The van der Waals surface area contributed by atoms with Gasteiger partial charge in [-0.3, -0.25) is 9.89 Å². The topological polar surface area (TPSA) is 86.2 Å². The highest BCUT2D eigenvalue weighted by atomic mass is 35.5. The van der Waals surface area contributed by atoms with Crippen LogP contribution < -0.4 is 0 Å². The number of benzene rings is 3. The fourth-order valence-electron chi connectivity index (χ4n) is 3.31. The molecule has 0 aliphatic rings. The molecule has 3 aromatic carbocycles. The van der Waals surface area contributed by atoms with E-state index in [0.717, 1.165) is 27.6 Å². The van der Waals surface area contributed by atoms with Crippen molar-refractivity contribution in [3.63, 3.8) is 0 Å². The first-order chi connectivity index (χ1) is 13.9. The zero-order valence-electron chi connectivity index (χ0n) is 15.1. The van der Waals surface area contributed by atoms with Crippen LogP contribution in [0.2, 0.25) is 10.0 Å². The summed E-state index contributed by atoms with van der Waals surface area (Å²) in [6.45, 7) is 0. The quantitative estimate of drug-likeness (QED) is 0.369. The van der Waals surface area contributed by atoms with Gasteiger partial charge >= 0.3 is 5.97 Å². The molecule has 0 amide bonds. The number of carbonyl (C=O) groups is 1. The number of para-hydroxylation sites is 1. The van der Waals surface area contributed by atoms with Gasteiger partial charge < -0.3 is 10.2 Å². The van der Waals surface area contributed by atoms with Crippen LogP contribution in [0.1, 0.15) is 12.1 Å². The highest BCUT2D eigenvalue weighted by Crippen LogP contribution is 2.37. The Morgan fingerprint density at radius 2 is 1.66 bits per heavy atom. The number of carboxylic acids is 1. The summed E-state index contributed by atoms with van der Waals surface area (Å²) in [6.07, 6.45) is 0.346. The van der Waals surface area contributed by atoms with E-state index < -0.39 is 5.97 Å². The van der Waals surface area contributed by atoms with Crippen molar-refractivity contribution in [3.8, 4) is 28.0 Å². The molecular weight excluding hydrogens is 411 g/mol. The molecule has 0 fully saturated rings. The largest absolute Gasteiger partial charge is 0.506 e. The lowest BCUT2D eigenvalue weighted by Gasteiger charge is -2.09. The molecule has 0 bridgehead atoms. The number of aromatic nitrogens is 2. The van der Waals surface area contributed by atoms with Gasteiger partial charge in [0.15, 0.2) is 0 Å². The van der Waals surface area contributed by atoms with Crippen molar-refractivity contribution in [2.24, 2.45) is 0 Å². The number of phenolic OH excluding ortho intramolecular Hbond substituents is 1. The molecular formula is C22H16Cl2N2O3. The third-order valence-corrected chi connectivity index (χ3v) is 5.42. The van der Waals surface area contributed by atoms with Crippen LogP contribution in [0.5, 0.6) is 5.75 Å². The van der Waals surface area contributed by atoms with E-state index in [9.17, 15) is 9.90 Å². The molecule has 0 saturated carbocycles. The van der Waals surface area contributed by atoms with E-state index in [-0.39, 0.29) is 12.2 Å². The molecule has 0 aliphatic heterocycles. The molecule has 0 unspecified atom stereocenters. The minimum atomic E-state index is -0.866. The third-order valence-electron chi connectivity index (χ3n) is 4.80. The van der Waals surface area contributed by atoms with E-state index in [0.29, 0.717) is 27.7 Å². The predicted molar refractivity (Wildman–Crippen MR) is 115 cm³/mol. The molecule has 0 saturated heterocycles. The second kappa shape index (κ2) is 7.78. The molecule has 4 aromatic rings. The zero-order chi connectivity index (χ0) is 20.5. The fraction of sp³-hybridized carbons (Fsp3) is 0.0909. The van der Waals surface area contributed by atoms with Crippen molar-refractivity contribution < 1.29 is 15.0 Å². The number of aromatic hydroxyl groups is 1. The SMILES string of the molecule is O=C(O)CCc1n[nH]c2cc(Cl)c(-c3ccc(-c4cccc(Cl)c4O)cc3)cc12. The number of H-pyrrole nitrogens is 1. The van der Waals surface area contributed by atoms with Gasteiger partial charge in [-0.05, 0) is 29.3 Å². The van der Waals surface area contributed by atoms with Crippen LogP contribution in [-0.2, 0) is 11.2 Å². The molecule has 0 atom stereocenters. The van der Waals surface area contributed by atoms with E-state index in [4.69, 9.17) is 28.3 Å². The summed E-state index contributed by atoms with van der Waals surface area (Å²) in [7, 11) is 0. The first kappa shape index (κ1) is 19.3. The van der Waals surface area contributed by atoms with E-state index in [1.807, 2.05) is 30.3 Å². The van der Waals surface area contributed by atoms with E-state index >= 15 is 0 Å². The maximum absolute atomic E-state index is 10.9. The first-order valence-electron chi connectivity index (χ1n) is 8.90. The van der Waals surface area contributed by atoms with Gasteiger partial charge in [0.2, 0.25) is 0 Å². The van der Waals surface area contributed by atoms with Gasteiger partial charge in [0.25, 0.3) is 0 Å². The lowest BCUT2D eigenvalue weighted by molar-refractivity contribution is -0.136. The van der Waals surface area contributed by atoms with Crippen LogP contribution >= 0.6 is 23.2 Å². The monoisotopic (exact) mass is 426 g/mol. The number of nitrogens with zero attached hydrogens (tertiary/aromatic N) is 1. The molecule has 4 rings (SSSR count). The number of fused-ring (bicyclic) bond motifs is 1. The highest BCUT2D eigenvalue weighted by molar-refractivity contribution is 6.34. The van der Waals surface area contributed by atoms with Crippen molar-refractivity contribution in [3.05, 3.63) is 70.3 Å². The van der Waals surface area contributed by atoms with Crippen LogP contribution in [-0.4, -0.2) is 26.4 Å². The third kappa shape index (κ3) is 3.79. The van der Waals surface area contributed by atoms with Crippen molar-refractivity contribution in [2.45, 2.75) is 12.8 Å². The van der Waals surface area contributed by atoms with Crippen LogP contribution in [0.4, 0.5) is 0 Å². The summed E-state index contributed by atoms with van der Waals surface area (Å²) in [5, 5.41) is 28.0. The van der Waals surface area contributed by atoms with Crippen molar-refractivity contribution in [1.29, 1.82) is 0 Å². The summed E-state index contributed by atoms with van der Waals surface area (Å²) in [6, 6.07) is 16.5. The van der Waals surface area contributed by atoms with Gasteiger partial charge in [-0.1, -0.05) is 59.6 Å². The Morgan fingerprint density at radius 3 is 2.34 bits per heavy atom. The number of aryl methyl sites for hydroxylation is 1. The maximum Gasteiger partial charge on any atom is 0.303 e. The number of halogens is 2. The lowest BCUT2D eigenvalue weighted by atomic mass is 9.98. The summed E-state index contributed by atoms with van der Waals surface area (Å²) >= 11 is 12.5. The smallest absolute Gasteiger partial charge is 0.303 e. The normalized spacial score (nSPS) is 11.1. The Labute approximate surface area is 176 Å². The number of hydrogen-bond donors (Lipinski definition) is 3. The molecule has 3 N–H and O–H groups in total. The number of rotatable bonds is 5.